The van der Waals surface area contributed by atoms with Crippen LogP contribution in [-0.4, -0.2) is 4.98 Å². The summed E-state index contributed by atoms with van der Waals surface area (Å²) in [6, 6.07) is 16.8. The maximum absolute atomic E-state index is 5.81. The fourth-order valence-electron chi connectivity index (χ4n) is 2.59. The Hall–Kier alpha value is -1.97. The van der Waals surface area contributed by atoms with Crippen LogP contribution in [0, 0.1) is 13.8 Å². The van der Waals surface area contributed by atoms with Crippen molar-refractivity contribution in [2.45, 2.75) is 20.4 Å². The van der Waals surface area contributed by atoms with Gasteiger partial charge in [-0.25, -0.2) is 4.98 Å². The summed E-state index contributed by atoms with van der Waals surface area (Å²) in [6.45, 7) is 4.76. The number of nitrogens with two attached hydrogens (primary N) is 1. The van der Waals surface area contributed by atoms with Crippen molar-refractivity contribution in [3.05, 3.63) is 64.7 Å². The Kier molecular flexibility index (Phi) is 3.86. The Morgan fingerprint density at radius 2 is 1.62 bits per heavy atom. The van der Waals surface area contributed by atoms with E-state index < -0.39 is 0 Å². The number of hydrogen-bond acceptors (Lipinski definition) is 3. The van der Waals surface area contributed by atoms with Crippen LogP contribution in [0.4, 0.5) is 0 Å². The molecule has 0 saturated heterocycles. The van der Waals surface area contributed by atoms with E-state index in [1.54, 1.807) is 11.3 Å². The van der Waals surface area contributed by atoms with Gasteiger partial charge in [0.1, 0.15) is 5.01 Å². The second-order valence-electron chi connectivity index (χ2n) is 5.12. The van der Waals surface area contributed by atoms with Gasteiger partial charge in [0.15, 0.2) is 0 Å². The summed E-state index contributed by atoms with van der Waals surface area (Å²) in [6.07, 6.45) is 0. The highest BCUT2D eigenvalue weighted by molar-refractivity contribution is 7.15. The highest BCUT2D eigenvalue weighted by Crippen LogP contribution is 2.39. The summed E-state index contributed by atoms with van der Waals surface area (Å²) in [5.74, 6) is 0. The van der Waals surface area contributed by atoms with E-state index in [-0.39, 0.29) is 0 Å². The molecule has 0 aliphatic rings. The molecule has 2 nitrogen and oxygen atoms in total. The number of rotatable bonds is 3. The molecule has 0 aliphatic carbocycles. The Bertz CT molecular complexity index is 740. The van der Waals surface area contributed by atoms with Crippen LogP contribution >= 0.6 is 11.3 Å². The SMILES string of the molecule is Cc1cccc(C)c1-c1nc(CN)sc1-c1ccccc1. The summed E-state index contributed by atoms with van der Waals surface area (Å²) in [5, 5.41) is 0.978. The van der Waals surface area contributed by atoms with Crippen molar-refractivity contribution in [2.75, 3.05) is 0 Å². The Labute approximate surface area is 129 Å². The maximum atomic E-state index is 5.81. The van der Waals surface area contributed by atoms with Crippen molar-refractivity contribution >= 4 is 11.3 Å². The molecule has 0 saturated carbocycles. The van der Waals surface area contributed by atoms with Crippen molar-refractivity contribution < 1.29 is 0 Å². The van der Waals surface area contributed by atoms with Crippen molar-refractivity contribution in [1.82, 2.24) is 4.98 Å². The number of hydrogen-bond donors (Lipinski definition) is 1. The summed E-state index contributed by atoms with van der Waals surface area (Å²) < 4.78 is 0. The molecule has 2 aromatic carbocycles. The van der Waals surface area contributed by atoms with Gasteiger partial charge in [-0.2, -0.15) is 0 Å². The molecule has 0 aliphatic heterocycles. The lowest BCUT2D eigenvalue weighted by Crippen LogP contribution is -1.95. The van der Waals surface area contributed by atoms with Gasteiger partial charge >= 0.3 is 0 Å². The van der Waals surface area contributed by atoms with Crippen LogP contribution < -0.4 is 5.73 Å². The largest absolute Gasteiger partial charge is 0.325 e. The van der Waals surface area contributed by atoms with E-state index in [0.717, 1.165) is 10.7 Å². The van der Waals surface area contributed by atoms with Gasteiger partial charge in [0.2, 0.25) is 0 Å². The molecule has 0 atom stereocenters. The van der Waals surface area contributed by atoms with Gasteiger partial charge in [-0.3, -0.25) is 0 Å². The normalized spacial score (nSPS) is 10.8. The average molecular weight is 294 g/mol. The third-order valence-corrected chi connectivity index (χ3v) is 4.73. The number of nitrogens with zero attached hydrogens (tertiary/aromatic N) is 1. The molecule has 1 aromatic heterocycles. The van der Waals surface area contributed by atoms with Gasteiger partial charge in [-0.15, -0.1) is 11.3 Å². The molecular weight excluding hydrogens is 276 g/mol. The molecule has 3 heteroatoms. The topological polar surface area (TPSA) is 38.9 Å². The molecule has 3 rings (SSSR count). The van der Waals surface area contributed by atoms with Crippen LogP contribution in [0.3, 0.4) is 0 Å². The monoisotopic (exact) mass is 294 g/mol. The molecule has 3 aromatic rings. The predicted octanol–water partition coefficient (Wildman–Crippen LogP) is 4.55. The number of thiazole rings is 1. The average Bonchev–Trinajstić information content (AvgIpc) is 2.92. The minimum Gasteiger partial charge on any atom is -0.325 e. The van der Waals surface area contributed by atoms with Crippen LogP contribution in [-0.2, 0) is 6.54 Å². The molecule has 0 amide bonds. The lowest BCUT2D eigenvalue weighted by Gasteiger charge is -2.09. The van der Waals surface area contributed by atoms with Crippen LogP contribution in [0.25, 0.3) is 21.7 Å². The van der Waals surface area contributed by atoms with E-state index in [9.17, 15) is 0 Å². The fraction of sp³-hybridized carbons (Fsp3) is 0.167. The number of aromatic nitrogens is 1. The molecule has 106 valence electrons. The minimum absolute atomic E-state index is 0.482. The lowest BCUT2D eigenvalue weighted by molar-refractivity contribution is 1.04. The standard InChI is InChI=1S/C18H18N2S/c1-12-7-6-8-13(2)16(12)17-18(21-15(11-19)20-17)14-9-4-3-5-10-14/h3-10H,11,19H2,1-2H3. The van der Waals surface area contributed by atoms with E-state index in [1.807, 2.05) is 6.07 Å². The van der Waals surface area contributed by atoms with Gasteiger partial charge in [-0.05, 0) is 30.5 Å². The lowest BCUT2D eigenvalue weighted by atomic mass is 9.98. The highest BCUT2D eigenvalue weighted by Gasteiger charge is 2.17. The van der Waals surface area contributed by atoms with Crippen molar-refractivity contribution in [1.29, 1.82) is 0 Å². The molecule has 0 unspecified atom stereocenters. The zero-order valence-electron chi connectivity index (χ0n) is 12.3. The summed E-state index contributed by atoms with van der Waals surface area (Å²) in [4.78, 5) is 5.99. The Balaban J connectivity index is 2.26. The first-order chi connectivity index (χ1) is 10.2. The summed E-state index contributed by atoms with van der Waals surface area (Å²) >= 11 is 1.69. The molecule has 0 radical (unpaired) electrons. The molecule has 21 heavy (non-hydrogen) atoms. The smallest absolute Gasteiger partial charge is 0.107 e. The quantitative estimate of drug-likeness (QED) is 0.769. The third kappa shape index (κ3) is 2.62. The highest BCUT2D eigenvalue weighted by atomic mass is 32.1. The van der Waals surface area contributed by atoms with Gasteiger partial charge in [0, 0.05) is 12.1 Å². The van der Waals surface area contributed by atoms with Crippen molar-refractivity contribution in [2.24, 2.45) is 5.73 Å². The van der Waals surface area contributed by atoms with Crippen LogP contribution in [0.5, 0.6) is 0 Å². The molecule has 1 heterocycles. The van der Waals surface area contributed by atoms with Crippen LogP contribution in [0.2, 0.25) is 0 Å². The van der Waals surface area contributed by atoms with Crippen molar-refractivity contribution in [3.63, 3.8) is 0 Å². The second-order valence-corrected chi connectivity index (χ2v) is 6.21. The fourth-order valence-corrected chi connectivity index (χ4v) is 3.55. The van der Waals surface area contributed by atoms with E-state index in [4.69, 9.17) is 10.7 Å². The van der Waals surface area contributed by atoms with Gasteiger partial charge in [0.25, 0.3) is 0 Å². The zero-order valence-corrected chi connectivity index (χ0v) is 13.1. The van der Waals surface area contributed by atoms with Gasteiger partial charge in [-0.1, -0.05) is 48.5 Å². The van der Waals surface area contributed by atoms with Crippen LogP contribution in [0.1, 0.15) is 16.1 Å². The minimum atomic E-state index is 0.482. The molecule has 0 spiro atoms. The molecular formula is C18H18N2S. The second kappa shape index (κ2) is 5.80. The van der Waals surface area contributed by atoms with Crippen molar-refractivity contribution in [3.8, 4) is 21.7 Å². The Morgan fingerprint density at radius 3 is 2.24 bits per heavy atom. The summed E-state index contributed by atoms with van der Waals surface area (Å²) in [7, 11) is 0. The first-order valence-corrected chi connectivity index (χ1v) is 7.84. The first-order valence-electron chi connectivity index (χ1n) is 7.02. The van der Waals surface area contributed by atoms with E-state index >= 15 is 0 Å². The van der Waals surface area contributed by atoms with Crippen LogP contribution in [0.15, 0.2) is 48.5 Å². The first kappa shape index (κ1) is 14.0. The third-order valence-electron chi connectivity index (χ3n) is 3.60. The van der Waals surface area contributed by atoms with Gasteiger partial charge in [0.05, 0.1) is 10.6 Å². The maximum Gasteiger partial charge on any atom is 0.107 e. The number of aryl methyl sites for hydroxylation is 2. The molecule has 2 N–H and O–H groups in total. The molecule has 0 fully saturated rings. The van der Waals surface area contributed by atoms with E-state index in [1.165, 1.54) is 27.1 Å². The number of benzene rings is 2. The van der Waals surface area contributed by atoms with E-state index in [2.05, 4.69) is 56.3 Å². The Morgan fingerprint density at radius 1 is 0.952 bits per heavy atom. The van der Waals surface area contributed by atoms with Gasteiger partial charge < -0.3 is 5.73 Å². The van der Waals surface area contributed by atoms with E-state index in [0.29, 0.717) is 6.54 Å². The zero-order chi connectivity index (χ0) is 14.8. The summed E-state index contributed by atoms with van der Waals surface area (Å²) in [5.41, 5.74) is 11.8. The molecule has 0 bridgehead atoms. The predicted molar refractivity (Wildman–Crippen MR) is 90.4 cm³/mol.